The van der Waals surface area contributed by atoms with E-state index in [9.17, 15) is 9.90 Å². The van der Waals surface area contributed by atoms with Crippen molar-refractivity contribution >= 4 is 11.6 Å². The van der Waals surface area contributed by atoms with Gasteiger partial charge < -0.3 is 15.2 Å². The van der Waals surface area contributed by atoms with Crippen molar-refractivity contribution in [3.8, 4) is 5.75 Å². The number of benzene rings is 2. The second-order valence-electron chi connectivity index (χ2n) is 6.04. The standard InChI is InChI=1S/C18H21NO3/c1-18(2,3)22-15-11-9-14(10-12-15)19-17(21)16(20)13-7-5-4-6-8-13/h4-12,16,20H,1-3H3,(H,19,21). The molecule has 0 saturated carbocycles. The van der Waals surface area contributed by atoms with E-state index in [0.717, 1.165) is 5.75 Å². The van der Waals surface area contributed by atoms with Crippen LogP contribution in [0.5, 0.6) is 5.75 Å². The molecule has 0 aromatic heterocycles. The number of aliphatic hydroxyl groups excluding tert-OH is 1. The highest BCUT2D eigenvalue weighted by Crippen LogP contribution is 2.21. The first-order chi connectivity index (χ1) is 10.3. The van der Waals surface area contributed by atoms with Gasteiger partial charge in [-0.2, -0.15) is 0 Å². The normalized spacial score (nSPS) is 12.5. The first-order valence-electron chi connectivity index (χ1n) is 7.18. The lowest BCUT2D eigenvalue weighted by molar-refractivity contribution is -0.124. The Hall–Kier alpha value is -2.33. The van der Waals surface area contributed by atoms with Crippen molar-refractivity contribution in [2.24, 2.45) is 0 Å². The number of anilines is 1. The van der Waals surface area contributed by atoms with Crippen LogP contribution in [0.1, 0.15) is 32.4 Å². The van der Waals surface area contributed by atoms with Crippen molar-refractivity contribution in [3.05, 3.63) is 60.2 Å². The molecular weight excluding hydrogens is 278 g/mol. The van der Waals surface area contributed by atoms with Crippen LogP contribution in [0.15, 0.2) is 54.6 Å². The van der Waals surface area contributed by atoms with Crippen LogP contribution in [0.3, 0.4) is 0 Å². The molecule has 2 aromatic carbocycles. The molecule has 0 aliphatic heterocycles. The van der Waals surface area contributed by atoms with Crippen LogP contribution in [0.25, 0.3) is 0 Å². The summed E-state index contributed by atoms with van der Waals surface area (Å²) in [6.45, 7) is 5.91. The van der Waals surface area contributed by atoms with Crippen LogP contribution in [0.2, 0.25) is 0 Å². The molecule has 4 nitrogen and oxygen atoms in total. The summed E-state index contributed by atoms with van der Waals surface area (Å²) in [4.78, 5) is 12.0. The Labute approximate surface area is 130 Å². The largest absolute Gasteiger partial charge is 0.488 e. The van der Waals surface area contributed by atoms with Crippen LogP contribution < -0.4 is 10.1 Å². The van der Waals surface area contributed by atoms with Crippen molar-refractivity contribution in [2.45, 2.75) is 32.5 Å². The molecule has 1 atom stereocenters. The summed E-state index contributed by atoms with van der Waals surface area (Å²) in [6, 6.07) is 15.9. The van der Waals surface area contributed by atoms with Gasteiger partial charge in [0.25, 0.3) is 5.91 Å². The van der Waals surface area contributed by atoms with Gasteiger partial charge in [0, 0.05) is 5.69 Å². The van der Waals surface area contributed by atoms with Gasteiger partial charge in [-0.3, -0.25) is 4.79 Å². The molecule has 2 aromatic rings. The van der Waals surface area contributed by atoms with Gasteiger partial charge in [-0.05, 0) is 50.6 Å². The molecule has 0 aliphatic rings. The number of hydrogen-bond acceptors (Lipinski definition) is 3. The van der Waals surface area contributed by atoms with Crippen LogP contribution in [0, 0.1) is 0 Å². The third kappa shape index (κ3) is 4.60. The lowest BCUT2D eigenvalue weighted by Gasteiger charge is -2.21. The average molecular weight is 299 g/mol. The fraction of sp³-hybridized carbons (Fsp3) is 0.278. The van der Waals surface area contributed by atoms with Gasteiger partial charge in [-0.1, -0.05) is 30.3 Å². The maximum absolute atomic E-state index is 12.0. The van der Waals surface area contributed by atoms with E-state index in [-0.39, 0.29) is 5.60 Å². The molecule has 116 valence electrons. The van der Waals surface area contributed by atoms with Gasteiger partial charge in [0.05, 0.1) is 0 Å². The third-order valence-corrected chi connectivity index (χ3v) is 2.91. The van der Waals surface area contributed by atoms with E-state index in [4.69, 9.17) is 4.74 Å². The number of hydrogen-bond donors (Lipinski definition) is 2. The molecule has 1 unspecified atom stereocenters. The van der Waals surface area contributed by atoms with Crippen LogP contribution in [0.4, 0.5) is 5.69 Å². The minimum absolute atomic E-state index is 0.270. The molecule has 1 amide bonds. The van der Waals surface area contributed by atoms with Gasteiger partial charge in [0.2, 0.25) is 0 Å². The van der Waals surface area contributed by atoms with Crippen molar-refractivity contribution in [1.29, 1.82) is 0 Å². The summed E-state index contributed by atoms with van der Waals surface area (Å²) >= 11 is 0. The fourth-order valence-corrected chi connectivity index (χ4v) is 1.96. The molecule has 22 heavy (non-hydrogen) atoms. The molecule has 0 aliphatic carbocycles. The van der Waals surface area contributed by atoms with Crippen LogP contribution in [-0.2, 0) is 4.79 Å². The van der Waals surface area contributed by atoms with Crippen molar-refractivity contribution in [2.75, 3.05) is 5.32 Å². The average Bonchev–Trinajstić information content (AvgIpc) is 2.48. The highest BCUT2D eigenvalue weighted by Gasteiger charge is 2.17. The number of rotatable bonds is 4. The van der Waals surface area contributed by atoms with Gasteiger partial charge >= 0.3 is 0 Å². The minimum Gasteiger partial charge on any atom is -0.488 e. The number of ether oxygens (including phenoxy) is 1. The van der Waals surface area contributed by atoms with Gasteiger partial charge in [-0.15, -0.1) is 0 Å². The second kappa shape index (κ2) is 6.62. The van der Waals surface area contributed by atoms with Gasteiger partial charge in [0.15, 0.2) is 6.10 Å². The number of aliphatic hydroxyl groups is 1. The Morgan fingerprint density at radius 1 is 1.05 bits per heavy atom. The fourth-order valence-electron chi connectivity index (χ4n) is 1.96. The Kier molecular flexibility index (Phi) is 4.83. The van der Waals surface area contributed by atoms with E-state index >= 15 is 0 Å². The van der Waals surface area contributed by atoms with Crippen LogP contribution in [-0.4, -0.2) is 16.6 Å². The first-order valence-corrected chi connectivity index (χ1v) is 7.18. The number of nitrogens with one attached hydrogen (secondary N) is 1. The van der Waals surface area contributed by atoms with E-state index in [0.29, 0.717) is 11.3 Å². The summed E-state index contributed by atoms with van der Waals surface area (Å²) in [7, 11) is 0. The number of carbonyl (C=O) groups excluding carboxylic acids is 1. The lowest BCUT2D eigenvalue weighted by atomic mass is 10.1. The molecular formula is C18H21NO3. The number of amides is 1. The van der Waals surface area contributed by atoms with Crippen molar-refractivity contribution in [3.63, 3.8) is 0 Å². The maximum Gasteiger partial charge on any atom is 0.257 e. The topological polar surface area (TPSA) is 58.6 Å². The molecule has 0 bridgehead atoms. The molecule has 0 saturated heterocycles. The molecule has 0 radical (unpaired) electrons. The lowest BCUT2D eigenvalue weighted by Crippen LogP contribution is -2.23. The number of carbonyl (C=O) groups is 1. The highest BCUT2D eigenvalue weighted by molar-refractivity contribution is 5.94. The quantitative estimate of drug-likeness (QED) is 0.908. The zero-order valence-electron chi connectivity index (χ0n) is 13.0. The molecule has 0 spiro atoms. The SMILES string of the molecule is CC(C)(C)Oc1ccc(NC(=O)C(O)c2ccccc2)cc1. The van der Waals surface area contributed by atoms with Crippen molar-refractivity contribution < 1.29 is 14.6 Å². The highest BCUT2D eigenvalue weighted by atomic mass is 16.5. The second-order valence-corrected chi connectivity index (χ2v) is 6.04. The first kappa shape index (κ1) is 16.0. The molecule has 0 fully saturated rings. The van der Waals surface area contributed by atoms with E-state index < -0.39 is 12.0 Å². The summed E-state index contributed by atoms with van der Waals surface area (Å²) in [6.07, 6.45) is -1.19. The molecule has 4 heteroatoms. The van der Waals surface area contributed by atoms with Gasteiger partial charge in [-0.25, -0.2) is 0 Å². The van der Waals surface area contributed by atoms with E-state index in [1.54, 1.807) is 48.5 Å². The van der Waals surface area contributed by atoms with E-state index in [1.807, 2.05) is 26.8 Å². The zero-order chi connectivity index (χ0) is 16.2. The predicted octanol–water partition coefficient (Wildman–Crippen LogP) is 3.54. The van der Waals surface area contributed by atoms with Crippen LogP contribution >= 0.6 is 0 Å². The van der Waals surface area contributed by atoms with E-state index in [1.165, 1.54) is 0 Å². The van der Waals surface area contributed by atoms with E-state index in [2.05, 4.69) is 5.32 Å². The Bertz CT molecular complexity index is 615. The summed E-state index contributed by atoms with van der Waals surface area (Å²) in [5.41, 5.74) is 0.905. The Balaban J connectivity index is 2.00. The predicted molar refractivity (Wildman–Crippen MR) is 86.9 cm³/mol. The molecule has 2 N–H and O–H groups in total. The summed E-state index contributed by atoms with van der Waals surface area (Å²) in [5, 5.41) is 12.7. The minimum atomic E-state index is -1.19. The summed E-state index contributed by atoms with van der Waals surface area (Å²) in [5.74, 6) is 0.268. The summed E-state index contributed by atoms with van der Waals surface area (Å²) < 4.78 is 5.72. The van der Waals surface area contributed by atoms with Crippen molar-refractivity contribution in [1.82, 2.24) is 0 Å². The monoisotopic (exact) mass is 299 g/mol. The Morgan fingerprint density at radius 2 is 1.64 bits per heavy atom. The zero-order valence-corrected chi connectivity index (χ0v) is 13.0. The molecule has 0 heterocycles. The smallest absolute Gasteiger partial charge is 0.257 e. The van der Waals surface area contributed by atoms with Gasteiger partial charge in [0.1, 0.15) is 11.4 Å². The molecule has 2 rings (SSSR count). The third-order valence-electron chi connectivity index (χ3n) is 2.91. The maximum atomic E-state index is 12.0. The Morgan fingerprint density at radius 3 is 2.18 bits per heavy atom.